The highest BCUT2D eigenvalue weighted by molar-refractivity contribution is 6.04. The maximum Gasteiger partial charge on any atom is 0.275 e. The Morgan fingerprint density at radius 1 is 1.42 bits per heavy atom. The van der Waals surface area contributed by atoms with Gasteiger partial charge in [0, 0.05) is 25.5 Å². The molecular weight excluding hydrogens is 242 g/mol. The Morgan fingerprint density at radius 3 is 3.00 bits per heavy atom. The van der Waals surface area contributed by atoms with Crippen LogP contribution in [0.15, 0.2) is 24.3 Å². The van der Waals surface area contributed by atoms with Crippen molar-refractivity contribution in [2.75, 3.05) is 13.1 Å². The number of aliphatic hydroxyl groups excluding tert-OH is 1. The lowest BCUT2D eigenvalue weighted by Crippen LogP contribution is -2.42. The van der Waals surface area contributed by atoms with Crippen LogP contribution < -0.4 is 0 Å². The monoisotopic (exact) mass is 259 g/mol. The van der Waals surface area contributed by atoms with Crippen molar-refractivity contribution in [2.45, 2.75) is 18.9 Å². The van der Waals surface area contributed by atoms with Gasteiger partial charge >= 0.3 is 0 Å². The number of rotatable bonds is 1. The number of piperidine rings is 1. The quantitative estimate of drug-likeness (QED) is 0.836. The smallest absolute Gasteiger partial charge is 0.275 e. The third-order valence-corrected chi connectivity index (χ3v) is 3.64. The van der Waals surface area contributed by atoms with Crippen molar-refractivity contribution in [3.63, 3.8) is 0 Å². The van der Waals surface area contributed by atoms with E-state index in [4.69, 9.17) is 0 Å². The number of carbonyl (C=O) groups is 1. The van der Waals surface area contributed by atoms with Crippen molar-refractivity contribution in [3.05, 3.63) is 30.0 Å². The summed E-state index contributed by atoms with van der Waals surface area (Å²) >= 11 is 0. The van der Waals surface area contributed by atoms with Crippen LogP contribution in [-0.4, -0.2) is 44.9 Å². The number of aryl methyl sites for hydroxylation is 1. The van der Waals surface area contributed by atoms with Gasteiger partial charge in [-0.2, -0.15) is 5.10 Å². The van der Waals surface area contributed by atoms with Gasteiger partial charge in [0.15, 0.2) is 5.69 Å². The van der Waals surface area contributed by atoms with Crippen LogP contribution in [0.4, 0.5) is 0 Å². The van der Waals surface area contributed by atoms with E-state index in [1.54, 1.807) is 9.58 Å². The van der Waals surface area contributed by atoms with Gasteiger partial charge in [0.25, 0.3) is 5.91 Å². The van der Waals surface area contributed by atoms with Crippen molar-refractivity contribution in [2.24, 2.45) is 7.05 Å². The lowest BCUT2D eigenvalue weighted by molar-refractivity contribution is 0.0470. The zero-order valence-electron chi connectivity index (χ0n) is 10.9. The summed E-state index contributed by atoms with van der Waals surface area (Å²) in [7, 11) is 1.84. The number of β-amino-alcohol motifs (C(OH)–C–C–N with tert-alkyl or cyclic N) is 1. The zero-order chi connectivity index (χ0) is 13.4. The first-order valence-electron chi connectivity index (χ1n) is 6.56. The van der Waals surface area contributed by atoms with Crippen molar-refractivity contribution >= 4 is 16.8 Å². The summed E-state index contributed by atoms with van der Waals surface area (Å²) in [5.41, 5.74) is 1.43. The Hall–Kier alpha value is -1.88. The Balaban J connectivity index is 1.97. The number of likely N-dealkylation sites (tertiary alicyclic amines) is 1. The maximum atomic E-state index is 12.5. The first kappa shape index (κ1) is 12.2. The highest BCUT2D eigenvalue weighted by Gasteiger charge is 2.26. The van der Waals surface area contributed by atoms with E-state index >= 15 is 0 Å². The average Bonchev–Trinajstić information content (AvgIpc) is 2.76. The van der Waals surface area contributed by atoms with Crippen LogP contribution in [0.1, 0.15) is 23.3 Å². The molecule has 100 valence electrons. The number of aliphatic hydroxyl groups is 1. The minimum atomic E-state index is -0.410. The Bertz CT molecular complexity index is 620. The summed E-state index contributed by atoms with van der Waals surface area (Å²) in [6.07, 6.45) is 1.21. The molecule has 0 unspecified atom stereocenters. The zero-order valence-corrected chi connectivity index (χ0v) is 10.9. The van der Waals surface area contributed by atoms with E-state index in [-0.39, 0.29) is 5.91 Å². The molecule has 1 saturated heterocycles. The van der Waals surface area contributed by atoms with Crippen LogP contribution in [0.25, 0.3) is 10.9 Å². The number of amides is 1. The summed E-state index contributed by atoms with van der Waals surface area (Å²) in [4.78, 5) is 14.2. The lowest BCUT2D eigenvalue weighted by Gasteiger charge is -2.29. The molecule has 1 fully saturated rings. The normalized spacial score (nSPS) is 19.9. The van der Waals surface area contributed by atoms with Gasteiger partial charge in [-0.15, -0.1) is 0 Å². The van der Waals surface area contributed by atoms with Crippen molar-refractivity contribution < 1.29 is 9.90 Å². The lowest BCUT2D eigenvalue weighted by atomic mass is 10.1. The molecule has 2 aromatic rings. The number of aromatic nitrogens is 2. The molecule has 0 bridgehead atoms. The minimum absolute atomic E-state index is 0.0875. The first-order valence-corrected chi connectivity index (χ1v) is 6.56. The van der Waals surface area contributed by atoms with Crippen molar-refractivity contribution in [3.8, 4) is 0 Å². The van der Waals surface area contributed by atoms with Crippen LogP contribution in [0.3, 0.4) is 0 Å². The van der Waals surface area contributed by atoms with Gasteiger partial charge in [-0.05, 0) is 18.9 Å². The molecule has 0 saturated carbocycles. The van der Waals surface area contributed by atoms with E-state index < -0.39 is 6.10 Å². The Labute approximate surface area is 111 Å². The molecule has 1 aliphatic heterocycles. The Morgan fingerprint density at radius 2 is 2.21 bits per heavy atom. The third kappa shape index (κ3) is 2.10. The van der Waals surface area contributed by atoms with Crippen LogP contribution in [0.2, 0.25) is 0 Å². The summed E-state index contributed by atoms with van der Waals surface area (Å²) < 4.78 is 1.73. The Kier molecular flexibility index (Phi) is 2.98. The number of benzene rings is 1. The summed E-state index contributed by atoms with van der Waals surface area (Å²) in [6, 6.07) is 7.70. The largest absolute Gasteiger partial charge is 0.391 e. The molecule has 0 radical (unpaired) electrons. The molecule has 3 rings (SSSR count). The molecule has 1 N–H and O–H groups in total. The first-order chi connectivity index (χ1) is 9.16. The van der Waals surface area contributed by atoms with Gasteiger partial charge in [-0.25, -0.2) is 0 Å². The molecule has 0 aliphatic carbocycles. The minimum Gasteiger partial charge on any atom is -0.391 e. The number of para-hydroxylation sites is 1. The predicted octanol–water partition coefficient (Wildman–Crippen LogP) is 1.17. The van der Waals surface area contributed by atoms with E-state index in [1.807, 2.05) is 31.3 Å². The van der Waals surface area contributed by atoms with Gasteiger partial charge in [-0.1, -0.05) is 18.2 Å². The van der Waals surface area contributed by atoms with Crippen LogP contribution >= 0.6 is 0 Å². The summed E-state index contributed by atoms with van der Waals surface area (Å²) in [6.45, 7) is 1.10. The molecule has 1 amide bonds. The number of fused-ring (bicyclic) bond motifs is 1. The van der Waals surface area contributed by atoms with Gasteiger partial charge in [0.2, 0.25) is 0 Å². The van der Waals surface area contributed by atoms with E-state index in [0.717, 1.165) is 23.7 Å². The fourth-order valence-electron chi connectivity index (χ4n) is 2.66. The molecule has 5 nitrogen and oxygen atoms in total. The maximum absolute atomic E-state index is 12.5. The van der Waals surface area contributed by atoms with E-state index in [1.165, 1.54) is 0 Å². The molecule has 0 spiro atoms. The van der Waals surface area contributed by atoms with E-state index in [9.17, 15) is 9.90 Å². The number of carbonyl (C=O) groups excluding carboxylic acids is 1. The molecule has 2 heterocycles. The van der Waals surface area contributed by atoms with Crippen molar-refractivity contribution in [1.29, 1.82) is 0 Å². The van der Waals surface area contributed by atoms with E-state index in [2.05, 4.69) is 5.10 Å². The molecule has 19 heavy (non-hydrogen) atoms. The topological polar surface area (TPSA) is 58.4 Å². The molecular formula is C14H17N3O2. The highest BCUT2D eigenvalue weighted by Crippen LogP contribution is 2.20. The standard InChI is InChI=1S/C14H17N3O2/c1-16-12-7-3-2-6-11(12)13(15-16)14(19)17-8-4-5-10(18)9-17/h2-3,6-7,10,18H,4-5,8-9H2,1H3/t10-/m1/s1. The van der Waals surface area contributed by atoms with Gasteiger partial charge < -0.3 is 10.0 Å². The van der Waals surface area contributed by atoms with Crippen LogP contribution in [-0.2, 0) is 7.05 Å². The van der Waals surface area contributed by atoms with Crippen LogP contribution in [0.5, 0.6) is 0 Å². The fourth-order valence-corrected chi connectivity index (χ4v) is 2.66. The molecule has 1 aromatic heterocycles. The fraction of sp³-hybridized carbons (Fsp3) is 0.429. The summed E-state index contributed by atoms with van der Waals surface area (Å²) in [5.74, 6) is -0.0875. The number of hydrogen-bond acceptors (Lipinski definition) is 3. The number of nitrogens with zero attached hydrogens (tertiary/aromatic N) is 3. The predicted molar refractivity (Wildman–Crippen MR) is 71.9 cm³/mol. The average molecular weight is 259 g/mol. The second kappa shape index (κ2) is 4.66. The SMILES string of the molecule is Cn1nc(C(=O)N2CCC[C@@H](O)C2)c2ccccc21. The molecule has 5 heteroatoms. The van der Waals surface area contributed by atoms with Gasteiger partial charge in [0.05, 0.1) is 11.6 Å². The van der Waals surface area contributed by atoms with Crippen molar-refractivity contribution in [1.82, 2.24) is 14.7 Å². The summed E-state index contributed by atoms with van der Waals surface area (Å²) in [5, 5.41) is 14.9. The second-order valence-electron chi connectivity index (χ2n) is 5.04. The van der Waals surface area contributed by atoms with Crippen LogP contribution in [0, 0.1) is 0 Å². The second-order valence-corrected chi connectivity index (χ2v) is 5.04. The van der Waals surface area contributed by atoms with Gasteiger partial charge in [-0.3, -0.25) is 9.48 Å². The number of hydrogen-bond donors (Lipinski definition) is 1. The third-order valence-electron chi connectivity index (χ3n) is 3.64. The van der Waals surface area contributed by atoms with Gasteiger partial charge in [0.1, 0.15) is 0 Å². The molecule has 1 atom stereocenters. The highest BCUT2D eigenvalue weighted by atomic mass is 16.3. The molecule has 1 aliphatic rings. The van der Waals surface area contributed by atoms with E-state index in [0.29, 0.717) is 18.8 Å². The molecule has 1 aromatic carbocycles.